The first-order valence-corrected chi connectivity index (χ1v) is 10.5. The van der Waals surface area contributed by atoms with Crippen molar-refractivity contribution < 1.29 is 4.79 Å². The minimum absolute atomic E-state index is 0.115. The Kier molecular flexibility index (Phi) is 4.98. The number of nitrogens with zero attached hydrogens (tertiary/aromatic N) is 2. The van der Waals surface area contributed by atoms with E-state index in [0.717, 1.165) is 59.5 Å². The Balaban J connectivity index is 1.21. The van der Waals surface area contributed by atoms with Gasteiger partial charge in [-0.1, -0.05) is 12.1 Å². The molecule has 0 spiro atoms. The highest BCUT2D eigenvalue weighted by atomic mass is 16.2. The van der Waals surface area contributed by atoms with Crippen molar-refractivity contribution in [2.24, 2.45) is 0 Å². The second-order valence-corrected chi connectivity index (χ2v) is 7.88. The zero-order chi connectivity index (χ0) is 20.3. The maximum atomic E-state index is 12.9. The molecule has 30 heavy (non-hydrogen) atoms. The summed E-state index contributed by atoms with van der Waals surface area (Å²) in [6.45, 7) is 1.52. The zero-order valence-electron chi connectivity index (χ0n) is 16.8. The number of para-hydroxylation sites is 2. The summed E-state index contributed by atoms with van der Waals surface area (Å²) in [4.78, 5) is 23.1. The van der Waals surface area contributed by atoms with Crippen LogP contribution in [0.4, 0.5) is 0 Å². The number of carbonyl (C=O) groups excluding carboxylic acids is 1. The summed E-state index contributed by atoms with van der Waals surface area (Å²) in [6.07, 6.45) is 3.99. The maximum Gasteiger partial charge on any atom is 0.255 e. The van der Waals surface area contributed by atoms with Crippen molar-refractivity contribution in [2.45, 2.75) is 18.8 Å². The molecule has 148 valence electrons. The fraction of sp³-hybridized carbons (Fsp3) is 0.192. The highest BCUT2D eigenvalue weighted by molar-refractivity contribution is 5.94. The molecule has 0 bridgehead atoms. The number of aromatic amines is 1. The van der Waals surface area contributed by atoms with Gasteiger partial charge in [0.15, 0.2) is 0 Å². The average Bonchev–Trinajstić information content (AvgIpc) is 3.24. The number of amides is 1. The number of hydrogen-bond acceptors (Lipinski definition) is 2. The first kappa shape index (κ1) is 18.5. The fourth-order valence-electron chi connectivity index (χ4n) is 4.17. The standard InChI is InChI=1S/C26H24N3O/c30-26(22-12-10-20(11-13-22)18-19-6-2-1-3-7-19)29-16-14-21(15-17-29)25-27-23-8-4-5-9-24(23)28-25/h1-13,18,21H,14-17H2,(H,27,28)/q+1. The molecule has 0 saturated carbocycles. The molecule has 0 atom stereocenters. The van der Waals surface area contributed by atoms with Crippen LogP contribution in [-0.2, 0) is 0 Å². The number of rotatable bonds is 4. The minimum Gasteiger partial charge on any atom is -0.342 e. The van der Waals surface area contributed by atoms with Crippen LogP contribution in [0.25, 0.3) is 11.0 Å². The van der Waals surface area contributed by atoms with Crippen LogP contribution in [0.15, 0.2) is 78.9 Å². The molecule has 1 amide bonds. The lowest BCUT2D eigenvalue weighted by molar-refractivity contribution is 0.0711. The Morgan fingerprint density at radius 1 is 0.867 bits per heavy atom. The van der Waals surface area contributed by atoms with Crippen molar-refractivity contribution in [1.82, 2.24) is 14.9 Å². The first-order chi connectivity index (χ1) is 14.8. The van der Waals surface area contributed by atoms with E-state index in [9.17, 15) is 4.79 Å². The molecule has 0 unspecified atom stereocenters. The van der Waals surface area contributed by atoms with Crippen LogP contribution in [0, 0.1) is 6.42 Å². The maximum absolute atomic E-state index is 12.9. The van der Waals surface area contributed by atoms with Crippen LogP contribution in [0.2, 0.25) is 0 Å². The van der Waals surface area contributed by atoms with Gasteiger partial charge in [-0.25, -0.2) is 4.98 Å². The van der Waals surface area contributed by atoms with Gasteiger partial charge in [0.1, 0.15) is 5.82 Å². The third-order valence-electron chi connectivity index (χ3n) is 5.87. The predicted octanol–water partition coefficient (Wildman–Crippen LogP) is 5.18. The van der Waals surface area contributed by atoms with Gasteiger partial charge >= 0.3 is 0 Å². The summed E-state index contributed by atoms with van der Waals surface area (Å²) in [7, 11) is 0. The second kappa shape index (κ2) is 8.07. The van der Waals surface area contributed by atoms with Crippen molar-refractivity contribution in [3.8, 4) is 0 Å². The number of H-pyrrole nitrogens is 1. The topological polar surface area (TPSA) is 49.0 Å². The van der Waals surface area contributed by atoms with Gasteiger partial charge in [-0.2, -0.15) is 0 Å². The lowest BCUT2D eigenvalue weighted by Crippen LogP contribution is -2.38. The monoisotopic (exact) mass is 394 g/mol. The molecule has 1 N–H and O–H groups in total. The van der Waals surface area contributed by atoms with Gasteiger partial charge in [0, 0.05) is 49.7 Å². The molecule has 1 aliphatic rings. The van der Waals surface area contributed by atoms with E-state index in [2.05, 4.69) is 29.6 Å². The molecular weight excluding hydrogens is 370 g/mol. The van der Waals surface area contributed by atoms with Gasteiger partial charge in [0.2, 0.25) is 0 Å². The Labute approximate surface area is 176 Å². The van der Waals surface area contributed by atoms with E-state index >= 15 is 0 Å². The number of aromatic nitrogens is 2. The second-order valence-electron chi connectivity index (χ2n) is 7.88. The van der Waals surface area contributed by atoms with Crippen molar-refractivity contribution >= 4 is 16.9 Å². The Morgan fingerprint density at radius 2 is 1.53 bits per heavy atom. The van der Waals surface area contributed by atoms with Gasteiger partial charge in [-0.05, 0) is 55.3 Å². The number of hydrogen-bond donors (Lipinski definition) is 1. The number of benzene rings is 3. The lowest BCUT2D eigenvalue weighted by atomic mass is 9.95. The Morgan fingerprint density at radius 3 is 2.27 bits per heavy atom. The third kappa shape index (κ3) is 3.81. The molecule has 1 fully saturated rings. The van der Waals surface area contributed by atoms with Crippen LogP contribution in [0.5, 0.6) is 0 Å². The molecule has 1 aromatic heterocycles. The molecule has 4 aromatic rings. The molecule has 1 aliphatic heterocycles. The Bertz CT molecular complexity index is 1110. The number of carbonyl (C=O) groups is 1. The van der Waals surface area contributed by atoms with E-state index in [-0.39, 0.29) is 5.91 Å². The van der Waals surface area contributed by atoms with E-state index < -0.39 is 0 Å². The highest BCUT2D eigenvalue weighted by Crippen LogP contribution is 2.28. The molecule has 3 aromatic carbocycles. The first-order valence-electron chi connectivity index (χ1n) is 10.5. The van der Waals surface area contributed by atoms with E-state index in [0.29, 0.717) is 5.92 Å². The average molecular weight is 394 g/mol. The molecule has 5 rings (SSSR count). The molecule has 2 heterocycles. The van der Waals surface area contributed by atoms with Crippen LogP contribution in [-0.4, -0.2) is 33.9 Å². The fourth-order valence-corrected chi connectivity index (χ4v) is 4.17. The molecular formula is C26H24N3O+. The smallest absolute Gasteiger partial charge is 0.255 e. The number of piperidine rings is 1. The van der Waals surface area contributed by atoms with Gasteiger partial charge in [-0.3, -0.25) is 4.79 Å². The molecule has 4 heteroatoms. The summed E-state index contributed by atoms with van der Waals surface area (Å²) in [5, 5.41) is 0. The largest absolute Gasteiger partial charge is 0.342 e. The summed E-state index contributed by atoms with van der Waals surface area (Å²) < 4.78 is 0. The number of imidazole rings is 1. The minimum atomic E-state index is 0.115. The quantitative estimate of drug-likeness (QED) is 0.485. The van der Waals surface area contributed by atoms with Gasteiger partial charge in [-0.15, -0.1) is 0 Å². The normalized spacial score (nSPS) is 14.7. The Hall–Kier alpha value is -3.53. The van der Waals surface area contributed by atoms with Crippen LogP contribution in [0.3, 0.4) is 0 Å². The van der Waals surface area contributed by atoms with Crippen molar-refractivity contribution in [1.29, 1.82) is 0 Å². The van der Waals surface area contributed by atoms with E-state index in [1.165, 1.54) is 0 Å². The van der Waals surface area contributed by atoms with Crippen molar-refractivity contribution in [3.05, 3.63) is 108 Å². The molecule has 1 saturated heterocycles. The summed E-state index contributed by atoms with van der Waals surface area (Å²) in [5.41, 5.74) is 5.10. The number of fused-ring (bicyclic) bond motifs is 1. The van der Waals surface area contributed by atoms with E-state index in [4.69, 9.17) is 4.98 Å². The molecule has 4 nitrogen and oxygen atoms in total. The third-order valence-corrected chi connectivity index (χ3v) is 5.87. The lowest BCUT2D eigenvalue weighted by Gasteiger charge is -2.31. The highest BCUT2D eigenvalue weighted by Gasteiger charge is 2.26. The van der Waals surface area contributed by atoms with Gasteiger partial charge < -0.3 is 9.88 Å². The summed E-state index contributed by atoms with van der Waals surface area (Å²) in [6, 6.07) is 26.2. The van der Waals surface area contributed by atoms with E-state index in [1.54, 1.807) is 0 Å². The number of likely N-dealkylation sites (tertiary alicyclic amines) is 1. The number of nitrogens with one attached hydrogen (secondary N) is 1. The van der Waals surface area contributed by atoms with Crippen LogP contribution < -0.4 is 0 Å². The molecule has 0 radical (unpaired) electrons. The summed E-state index contributed by atoms with van der Waals surface area (Å²) >= 11 is 0. The SMILES string of the molecule is O=C(c1ccc([CH+]c2ccccc2)cc1)N1CCC(c2nc3ccccc3[nH]2)CC1. The van der Waals surface area contributed by atoms with Crippen LogP contribution >= 0.6 is 0 Å². The van der Waals surface area contributed by atoms with Gasteiger partial charge in [0.05, 0.1) is 27.7 Å². The van der Waals surface area contributed by atoms with Crippen molar-refractivity contribution in [2.75, 3.05) is 13.1 Å². The molecule has 0 aliphatic carbocycles. The zero-order valence-corrected chi connectivity index (χ0v) is 16.8. The van der Waals surface area contributed by atoms with Gasteiger partial charge in [0.25, 0.3) is 5.91 Å². The van der Waals surface area contributed by atoms with Crippen LogP contribution in [0.1, 0.15) is 46.1 Å². The predicted molar refractivity (Wildman–Crippen MR) is 119 cm³/mol. The summed E-state index contributed by atoms with van der Waals surface area (Å²) in [5.74, 6) is 1.54. The van der Waals surface area contributed by atoms with Crippen molar-refractivity contribution in [3.63, 3.8) is 0 Å². The van der Waals surface area contributed by atoms with E-state index in [1.807, 2.05) is 65.6 Å².